The summed E-state index contributed by atoms with van der Waals surface area (Å²) >= 11 is 0. The van der Waals surface area contributed by atoms with Gasteiger partial charge in [0, 0.05) is 25.7 Å². The van der Waals surface area contributed by atoms with Crippen LogP contribution in [0, 0.1) is 6.92 Å². The molecule has 0 fully saturated rings. The second kappa shape index (κ2) is 8.11. The van der Waals surface area contributed by atoms with E-state index in [9.17, 15) is 0 Å². The largest absolute Gasteiger partial charge is 0.493 e. The van der Waals surface area contributed by atoms with E-state index in [1.54, 1.807) is 0 Å². The highest BCUT2D eigenvalue weighted by Gasteiger charge is 2.06. The van der Waals surface area contributed by atoms with E-state index >= 15 is 0 Å². The summed E-state index contributed by atoms with van der Waals surface area (Å²) in [6.07, 6.45) is 1.77. The fourth-order valence-corrected chi connectivity index (χ4v) is 1.84. The summed E-state index contributed by atoms with van der Waals surface area (Å²) < 4.78 is 11.1. The predicted molar refractivity (Wildman–Crippen MR) is 75.1 cm³/mol. The van der Waals surface area contributed by atoms with Gasteiger partial charge in [-0.25, -0.2) is 0 Å². The van der Waals surface area contributed by atoms with Gasteiger partial charge in [0.25, 0.3) is 0 Å². The highest BCUT2D eigenvalue weighted by atomic mass is 16.5. The van der Waals surface area contributed by atoms with E-state index < -0.39 is 0 Å². The number of nitrogens with two attached hydrogens (primary N) is 1. The van der Waals surface area contributed by atoms with Crippen molar-refractivity contribution in [3.8, 4) is 5.75 Å². The molecule has 18 heavy (non-hydrogen) atoms. The third-order valence-electron chi connectivity index (χ3n) is 2.65. The zero-order valence-electron chi connectivity index (χ0n) is 11.7. The minimum atomic E-state index is 0.151. The van der Waals surface area contributed by atoms with Crippen molar-refractivity contribution in [1.82, 2.24) is 0 Å². The van der Waals surface area contributed by atoms with E-state index in [0.717, 1.165) is 31.8 Å². The fraction of sp³-hybridized carbons (Fsp3) is 0.600. The normalized spacial score (nSPS) is 12.4. The van der Waals surface area contributed by atoms with E-state index in [0.29, 0.717) is 6.61 Å². The summed E-state index contributed by atoms with van der Waals surface area (Å²) in [5.41, 5.74) is 8.30. The second-order valence-electron chi connectivity index (χ2n) is 4.69. The van der Waals surface area contributed by atoms with Crippen LogP contribution >= 0.6 is 0 Å². The van der Waals surface area contributed by atoms with Crippen LogP contribution in [0.5, 0.6) is 5.75 Å². The molecule has 0 spiro atoms. The molecule has 1 aromatic rings. The van der Waals surface area contributed by atoms with E-state index in [4.69, 9.17) is 15.2 Å². The van der Waals surface area contributed by atoms with Gasteiger partial charge in [-0.2, -0.15) is 0 Å². The fourth-order valence-electron chi connectivity index (χ4n) is 1.84. The number of aryl methyl sites for hydroxylation is 1. The van der Waals surface area contributed by atoms with Gasteiger partial charge in [-0.1, -0.05) is 17.7 Å². The van der Waals surface area contributed by atoms with Crippen LogP contribution in [0.15, 0.2) is 18.2 Å². The standard InChI is InChI=1S/C15H25NO2/c1-4-17-8-5-9-18-15-7-6-12(2)10-14(15)11-13(3)16/h6-7,10,13H,4-5,8-9,11,16H2,1-3H3. The molecule has 0 saturated heterocycles. The summed E-state index contributed by atoms with van der Waals surface area (Å²) in [7, 11) is 0. The molecule has 0 amide bonds. The summed E-state index contributed by atoms with van der Waals surface area (Å²) in [4.78, 5) is 0. The van der Waals surface area contributed by atoms with Crippen LogP contribution in [-0.2, 0) is 11.2 Å². The number of hydrogen-bond donors (Lipinski definition) is 1. The molecule has 0 radical (unpaired) electrons. The van der Waals surface area contributed by atoms with Crippen molar-refractivity contribution >= 4 is 0 Å². The molecule has 0 aliphatic carbocycles. The Morgan fingerprint density at radius 3 is 2.72 bits per heavy atom. The third-order valence-corrected chi connectivity index (χ3v) is 2.65. The monoisotopic (exact) mass is 251 g/mol. The smallest absolute Gasteiger partial charge is 0.122 e. The molecule has 1 atom stereocenters. The molecular formula is C15H25NO2. The molecule has 0 aromatic heterocycles. The lowest BCUT2D eigenvalue weighted by molar-refractivity contribution is 0.130. The summed E-state index contributed by atoms with van der Waals surface area (Å²) in [6, 6.07) is 6.41. The van der Waals surface area contributed by atoms with Gasteiger partial charge in [0.05, 0.1) is 6.61 Å². The first-order valence-corrected chi connectivity index (χ1v) is 6.69. The van der Waals surface area contributed by atoms with Crippen LogP contribution in [0.4, 0.5) is 0 Å². The van der Waals surface area contributed by atoms with Gasteiger partial charge in [-0.15, -0.1) is 0 Å². The molecule has 0 aliphatic heterocycles. The van der Waals surface area contributed by atoms with Crippen molar-refractivity contribution in [3.05, 3.63) is 29.3 Å². The van der Waals surface area contributed by atoms with Crippen molar-refractivity contribution in [2.75, 3.05) is 19.8 Å². The Labute approximate surface area is 110 Å². The molecule has 0 aliphatic rings. The Morgan fingerprint density at radius 2 is 2.06 bits per heavy atom. The Kier molecular flexibility index (Phi) is 6.76. The minimum Gasteiger partial charge on any atom is -0.493 e. The lowest BCUT2D eigenvalue weighted by Crippen LogP contribution is -2.18. The zero-order chi connectivity index (χ0) is 13.4. The maximum atomic E-state index is 5.86. The number of rotatable bonds is 8. The van der Waals surface area contributed by atoms with Crippen molar-refractivity contribution in [3.63, 3.8) is 0 Å². The maximum Gasteiger partial charge on any atom is 0.122 e. The predicted octanol–water partition coefficient (Wildman–Crippen LogP) is 2.69. The first-order chi connectivity index (χ1) is 8.63. The molecule has 3 heteroatoms. The van der Waals surface area contributed by atoms with E-state index in [1.807, 2.05) is 19.9 Å². The van der Waals surface area contributed by atoms with Crippen molar-refractivity contribution in [2.24, 2.45) is 5.73 Å². The van der Waals surface area contributed by atoms with Crippen molar-refractivity contribution in [1.29, 1.82) is 0 Å². The van der Waals surface area contributed by atoms with Crippen LogP contribution in [-0.4, -0.2) is 25.9 Å². The van der Waals surface area contributed by atoms with E-state index in [1.165, 1.54) is 11.1 Å². The second-order valence-corrected chi connectivity index (χ2v) is 4.69. The minimum absolute atomic E-state index is 0.151. The quantitative estimate of drug-likeness (QED) is 0.722. The molecule has 1 aromatic carbocycles. The summed E-state index contributed by atoms with van der Waals surface area (Å²) in [6.45, 7) is 8.31. The van der Waals surface area contributed by atoms with Crippen LogP contribution in [0.1, 0.15) is 31.4 Å². The van der Waals surface area contributed by atoms with Crippen LogP contribution in [0.25, 0.3) is 0 Å². The van der Waals surface area contributed by atoms with Gasteiger partial charge in [0.1, 0.15) is 5.75 Å². The molecular weight excluding hydrogens is 226 g/mol. The molecule has 1 rings (SSSR count). The molecule has 0 bridgehead atoms. The van der Waals surface area contributed by atoms with Crippen LogP contribution in [0.3, 0.4) is 0 Å². The topological polar surface area (TPSA) is 44.5 Å². The van der Waals surface area contributed by atoms with Gasteiger partial charge >= 0.3 is 0 Å². The SMILES string of the molecule is CCOCCCOc1ccc(C)cc1CC(C)N. The summed E-state index contributed by atoms with van der Waals surface area (Å²) in [5.74, 6) is 0.953. The Morgan fingerprint density at radius 1 is 1.28 bits per heavy atom. The van der Waals surface area contributed by atoms with Crippen LogP contribution in [0.2, 0.25) is 0 Å². The highest BCUT2D eigenvalue weighted by Crippen LogP contribution is 2.21. The maximum absolute atomic E-state index is 5.86. The molecule has 1 unspecified atom stereocenters. The van der Waals surface area contributed by atoms with Gasteiger partial charge in [-0.05, 0) is 38.8 Å². The Balaban J connectivity index is 2.52. The molecule has 0 heterocycles. The molecule has 0 saturated carbocycles. The van der Waals surface area contributed by atoms with Crippen molar-refractivity contribution < 1.29 is 9.47 Å². The van der Waals surface area contributed by atoms with Crippen LogP contribution < -0.4 is 10.5 Å². The van der Waals surface area contributed by atoms with E-state index in [-0.39, 0.29) is 6.04 Å². The van der Waals surface area contributed by atoms with Gasteiger partial charge in [0.2, 0.25) is 0 Å². The number of ether oxygens (including phenoxy) is 2. The Bertz CT molecular complexity index is 350. The molecule has 3 nitrogen and oxygen atoms in total. The zero-order valence-corrected chi connectivity index (χ0v) is 11.7. The molecule has 2 N–H and O–H groups in total. The lowest BCUT2D eigenvalue weighted by Gasteiger charge is -2.14. The van der Waals surface area contributed by atoms with Gasteiger partial charge < -0.3 is 15.2 Å². The van der Waals surface area contributed by atoms with Gasteiger partial charge in [0.15, 0.2) is 0 Å². The first kappa shape index (κ1) is 15.0. The van der Waals surface area contributed by atoms with Crippen molar-refractivity contribution in [2.45, 2.75) is 39.7 Å². The number of hydrogen-bond acceptors (Lipinski definition) is 3. The summed E-state index contributed by atoms with van der Waals surface area (Å²) in [5, 5.41) is 0. The first-order valence-electron chi connectivity index (χ1n) is 6.69. The third kappa shape index (κ3) is 5.52. The molecule has 102 valence electrons. The average molecular weight is 251 g/mol. The number of benzene rings is 1. The Hall–Kier alpha value is -1.06. The highest BCUT2D eigenvalue weighted by molar-refractivity contribution is 5.37. The van der Waals surface area contributed by atoms with Gasteiger partial charge in [-0.3, -0.25) is 0 Å². The van der Waals surface area contributed by atoms with E-state index in [2.05, 4.69) is 19.1 Å². The average Bonchev–Trinajstić information content (AvgIpc) is 2.30. The lowest BCUT2D eigenvalue weighted by atomic mass is 10.0.